The van der Waals surface area contributed by atoms with Crippen molar-refractivity contribution in [2.24, 2.45) is 5.92 Å². The molecule has 1 saturated carbocycles. The lowest BCUT2D eigenvalue weighted by Crippen LogP contribution is -2.45. The van der Waals surface area contributed by atoms with Gasteiger partial charge in [0.15, 0.2) is 0 Å². The van der Waals surface area contributed by atoms with E-state index >= 15 is 0 Å². The Labute approximate surface area is 163 Å². The number of nitrogens with one attached hydrogen (secondary N) is 2. The van der Waals surface area contributed by atoms with Crippen LogP contribution >= 0.6 is 0 Å². The van der Waals surface area contributed by atoms with E-state index in [2.05, 4.69) is 34.4 Å². The maximum absolute atomic E-state index is 12.4. The standard InChI is InChI=1S/C21H34N4O2/c1-17-7-9-18(10-8-17)22-21(26)23-19-5-3-4-6-20(19)27-16-15-25-13-11-24(2)12-14-25/h3-6,17-18H,7-16H2,1-2H3,(H2,22,23,26). The maximum Gasteiger partial charge on any atom is 0.319 e. The second kappa shape index (κ2) is 9.95. The minimum absolute atomic E-state index is 0.135. The molecule has 0 aromatic heterocycles. The van der Waals surface area contributed by atoms with Gasteiger partial charge in [0.05, 0.1) is 5.69 Å². The van der Waals surface area contributed by atoms with Crippen molar-refractivity contribution in [3.8, 4) is 5.75 Å². The van der Waals surface area contributed by atoms with Gasteiger partial charge in [-0.3, -0.25) is 4.90 Å². The zero-order valence-corrected chi connectivity index (χ0v) is 16.7. The van der Waals surface area contributed by atoms with Crippen molar-refractivity contribution in [1.82, 2.24) is 15.1 Å². The van der Waals surface area contributed by atoms with Crippen LogP contribution in [0.15, 0.2) is 24.3 Å². The average molecular weight is 375 g/mol. The Morgan fingerprint density at radius 1 is 1.11 bits per heavy atom. The third-order valence-electron chi connectivity index (χ3n) is 5.75. The van der Waals surface area contributed by atoms with Crippen LogP contribution in [0.1, 0.15) is 32.6 Å². The summed E-state index contributed by atoms with van der Waals surface area (Å²) in [6.07, 6.45) is 4.52. The summed E-state index contributed by atoms with van der Waals surface area (Å²) in [7, 11) is 2.16. The molecule has 1 aliphatic carbocycles. The molecule has 0 radical (unpaired) electrons. The van der Waals surface area contributed by atoms with Crippen LogP contribution in [0.25, 0.3) is 0 Å². The molecule has 1 heterocycles. The van der Waals surface area contributed by atoms with E-state index in [0.717, 1.165) is 62.9 Å². The smallest absolute Gasteiger partial charge is 0.319 e. The third-order valence-corrected chi connectivity index (χ3v) is 5.75. The summed E-state index contributed by atoms with van der Waals surface area (Å²) in [5.74, 6) is 1.51. The molecule has 2 amide bonds. The summed E-state index contributed by atoms with van der Waals surface area (Å²) in [6, 6.07) is 7.83. The molecule has 3 rings (SSSR count). The molecule has 0 spiro atoms. The van der Waals surface area contributed by atoms with Crippen molar-refractivity contribution in [3.63, 3.8) is 0 Å². The Morgan fingerprint density at radius 2 is 1.81 bits per heavy atom. The predicted molar refractivity (Wildman–Crippen MR) is 109 cm³/mol. The molecule has 0 atom stereocenters. The van der Waals surface area contributed by atoms with Gasteiger partial charge >= 0.3 is 6.03 Å². The Balaban J connectivity index is 1.44. The van der Waals surface area contributed by atoms with E-state index in [9.17, 15) is 4.79 Å². The Morgan fingerprint density at radius 3 is 2.56 bits per heavy atom. The van der Waals surface area contributed by atoms with Crippen LogP contribution in [0, 0.1) is 5.92 Å². The fourth-order valence-corrected chi connectivity index (χ4v) is 3.80. The van der Waals surface area contributed by atoms with Gasteiger partial charge < -0.3 is 20.3 Å². The monoisotopic (exact) mass is 374 g/mol. The highest BCUT2D eigenvalue weighted by atomic mass is 16.5. The molecule has 2 N–H and O–H groups in total. The zero-order valence-electron chi connectivity index (χ0n) is 16.7. The van der Waals surface area contributed by atoms with Crippen LogP contribution in [0.2, 0.25) is 0 Å². The van der Waals surface area contributed by atoms with Crippen LogP contribution < -0.4 is 15.4 Å². The highest BCUT2D eigenvalue weighted by molar-refractivity contribution is 5.91. The third kappa shape index (κ3) is 6.40. The summed E-state index contributed by atoms with van der Waals surface area (Å²) in [6.45, 7) is 8.21. The molecule has 0 unspecified atom stereocenters. The van der Waals surface area contributed by atoms with E-state index in [1.807, 2.05) is 24.3 Å². The van der Waals surface area contributed by atoms with Crippen molar-refractivity contribution in [1.29, 1.82) is 0 Å². The van der Waals surface area contributed by atoms with E-state index < -0.39 is 0 Å². The molecule has 27 heavy (non-hydrogen) atoms. The highest BCUT2D eigenvalue weighted by Gasteiger charge is 2.20. The van der Waals surface area contributed by atoms with Gasteiger partial charge in [-0.25, -0.2) is 4.79 Å². The quantitative estimate of drug-likeness (QED) is 0.804. The number of rotatable bonds is 6. The highest BCUT2D eigenvalue weighted by Crippen LogP contribution is 2.25. The van der Waals surface area contributed by atoms with Crippen LogP contribution in [0.4, 0.5) is 10.5 Å². The number of anilines is 1. The van der Waals surface area contributed by atoms with Gasteiger partial charge in [-0.05, 0) is 50.8 Å². The SMILES string of the molecule is CC1CCC(NC(=O)Nc2ccccc2OCCN2CCN(C)CC2)CC1. The van der Waals surface area contributed by atoms with Crippen molar-refractivity contribution in [2.75, 3.05) is 51.7 Å². The van der Waals surface area contributed by atoms with Gasteiger partial charge in [0, 0.05) is 38.8 Å². The molecule has 1 saturated heterocycles. The number of benzene rings is 1. The lowest BCUT2D eigenvalue weighted by atomic mass is 9.87. The number of amides is 2. The van der Waals surface area contributed by atoms with Gasteiger partial charge in [-0.2, -0.15) is 0 Å². The first-order chi connectivity index (χ1) is 13.1. The predicted octanol–water partition coefficient (Wildman–Crippen LogP) is 3.01. The number of likely N-dealkylation sites (N-methyl/N-ethyl adjacent to an activating group) is 1. The number of para-hydroxylation sites is 2. The van der Waals surface area contributed by atoms with Crippen LogP contribution in [0.5, 0.6) is 5.75 Å². The Bertz CT molecular complexity index is 594. The normalized spacial score (nSPS) is 24.4. The lowest BCUT2D eigenvalue weighted by molar-refractivity contribution is 0.134. The summed E-state index contributed by atoms with van der Waals surface area (Å²) >= 11 is 0. The van der Waals surface area contributed by atoms with Crippen LogP contribution in [-0.2, 0) is 0 Å². The molecule has 1 aromatic rings. The number of ether oxygens (including phenoxy) is 1. The molecule has 2 fully saturated rings. The number of carbonyl (C=O) groups is 1. The van der Waals surface area contributed by atoms with Gasteiger partial charge in [-0.15, -0.1) is 0 Å². The van der Waals surface area contributed by atoms with Gasteiger partial charge in [0.1, 0.15) is 12.4 Å². The summed E-state index contributed by atoms with van der Waals surface area (Å²) in [5.41, 5.74) is 0.734. The van der Waals surface area contributed by atoms with Gasteiger partial charge in [0.2, 0.25) is 0 Å². The van der Waals surface area contributed by atoms with E-state index in [1.165, 1.54) is 12.8 Å². The van der Waals surface area contributed by atoms with Gasteiger partial charge in [-0.1, -0.05) is 19.1 Å². The molecule has 6 nitrogen and oxygen atoms in total. The minimum Gasteiger partial charge on any atom is -0.490 e. The second-order valence-electron chi connectivity index (χ2n) is 8.04. The van der Waals surface area contributed by atoms with E-state index in [-0.39, 0.29) is 12.1 Å². The number of urea groups is 1. The molecule has 1 aliphatic heterocycles. The molecule has 0 bridgehead atoms. The van der Waals surface area contributed by atoms with E-state index in [1.54, 1.807) is 0 Å². The number of piperazine rings is 1. The molecule has 2 aliphatic rings. The summed E-state index contributed by atoms with van der Waals surface area (Å²) in [5, 5.41) is 6.08. The summed E-state index contributed by atoms with van der Waals surface area (Å²) in [4.78, 5) is 17.1. The number of nitrogens with zero attached hydrogens (tertiary/aromatic N) is 2. The molecular formula is C21H34N4O2. The largest absolute Gasteiger partial charge is 0.490 e. The average Bonchev–Trinajstić information content (AvgIpc) is 2.66. The van der Waals surface area contributed by atoms with E-state index in [4.69, 9.17) is 4.74 Å². The fourth-order valence-electron chi connectivity index (χ4n) is 3.80. The van der Waals surface area contributed by atoms with Gasteiger partial charge in [0.25, 0.3) is 0 Å². The fraction of sp³-hybridized carbons (Fsp3) is 0.667. The summed E-state index contributed by atoms with van der Waals surface area (Å²) < 4.78 is 5.97. The molecule has 6 heteroatoms. The zero-order chi connectivity index (χ0) is 19.1. The number of hydrogen-bond acceptors (Lipinski definition) is 4. The van der Waals surface area contributed by atoms with Crippen LogP contribution in [0.3, 0.4) is 0 Å². The topological polar surface area (TPSA) is 56.8 Å². The van der Waals surface area contributed by atoms with Crippen molar-refractivity contribution < 1.29 is 9.53 Å². The first-order valence-electron chi connectivity index (χ1n) is 10.3. The first-order valence-corrected chi connectivity index (χ1v) is 10.3. The molecular weight excluding hydrogens is 340 g/mol. The van der Waals surface area contributed by atoms with Crippen molar-refractivity contribution in [2.45, 2.75) is 38.6 Å². The molecule has 150 valence electrons. The maximum atomic E-state index is 12.4. The van der Waals surface area contributed by atoms with E-state index in [0.29, 0.717) is 6.61 Å². The van der Waals surface area contributed by atoms with Crippen molar-refractivity contribution >= 4 is 11.7 Å². The first kappa shape index (κ1) is 20.0. The number of carbonyl (C=O) groups excluding carboxylic acids is 1. The Kier molecular flexibility index (Phi) is 7.35. The number of hydrogen-bond donors (Lipinski definition) is 2. The minimum atomic E-state index is -0.135. The molecule has 1 aromatic carbocycles. The Hall–Kier alpha value is -1.79. The lowest BCUT2D eigenvalue weighted by Gasteiger charge is -2.32. The van der Waals surface area contributed by atoms with Crippen LogP contribution in [-0.4, -0.2) is 68.3 Å². The van der Waals surface area contributed by atoms with Crippen molar-refractivity contribution in [3.05, 3.63) is 24.3 Å². The second-order valence-corrected chi connectivity index (χ2v) is 8.04.